The van der Waals surface area contributed by atoms with E-state index in [0.29, 0.717) is 22.3 Å². The number of benzene rings is 2. The van der Waals surface area contributed by atoms with Gasteiger partial charge in [-0.2, -0.15) is 0 Å². The van der Waals surface area contributed by atoms with Gasteiger partial charge in [-0.25, -0.2) is 9.78 Å². The van der Waals surface area contributed by atoms with Gasteiger partial charge in [0.05, 0.1) is 11.4 Å². The molecular weight excluding hydrogens is 428 g/mol. The molecule has 0 saturated carbocycles. The molecule has 8 heteroatoms. The summed E-state index contributed by atoms with van der Waals surface area (Å²) in [6, 6.07) is 13.0. The minimum Gasteiger partial charge on any atom is -0.482 e. The van der Waals surface area contributed by atoms with Gasteiger partial charge in [0.1, 0.15) is 12.7 Å². The maximum absolute atomic E-state index is 12.6. The van der Waals surface area contributed by atoms with Crippen molar-refractivity contribution in [1.29, 1.82) is 0 Å². The number of thiazole rings is 1. The van der Waals surface area contributed by atoms with Gasteiger partial charge in [-0.3, -0.25) is 9.69 Å². The molecule has 32 heavy (non-hydrogen) atoms. The summed E-state index contributed by atoms with van der Waals surface area (Å²) in [5.74, 6) is 0.439. The van der Waals surface area contributed by atoms with Crippen molar-refractivity contribution < 1.29 is 23.8 Å². The number of hydrogen-bond acceptors (Lipinski definition) is 7. The zero-order valence-electron chi connectivity index (χ0n) is 18.3. The van der Waals surface area contributed by atoms with E-state index in [2.05, 4.69) is 4.98 Å². The minimum absolute atomic E-state index is 0.0257. The zero-order valence-corrected chi connectivity index (χ0v) is 19.1. The summed E-state index contributed by atoms with van der Waals surface area (Å²) in [7, 11) is 0. The van der Waals surface area contributed by atoms with Crippen LogP contribution in [0.15, 0.2) is 47.8 Å². The van der Waals surface area contributed by atoms with Crippen LogP contribution in [0.25, 0.3) is 0 Å². The second kappa shape index (κ2) is 9.00. The first-order valence-electron chi connectivity index (χ1n) is 10.3. The van der Waals surface area contributed by atoms with E-state index in [-0.39, 0.29) is 12.5 Å². The molecule has 2 aromatic carbocycles. The summed E-state index contributed by atoms with van der Waals surface area (Å²) >= 11 is 1.32. The lowest BCUT2D eigenvalue weighted by molar-refractivity contribution is -0.159. The Morgan fingerprint density at radius 2 is 1.81 bits per heavy atom. The molecule has 3 aromatic rings. The maximum atomic E-state index is 12.6. The van der Waals surface area contributed by atoms with Crippen molar-refractivity contribution in [2.75, 3.05) is 4.90 Å². The van der Waals surface area contributed by atoms with Crippen molar-refractivity contribution >= 4 is 34.0 Å². The molecule has 2 atom stereocenters. The van der Waals surface area contributed by atoms with Gasteiger partial charge in [0.2, 0.25) is 12.0 Å². The van der Waals surface area contributed by atoms with Crippen LogP contribution in [0.5, 0.6) is 11.5 Å². The molecule has 0 bridgehead atoms. The first-order chi connectivity index (χ1) is 15.3. The highest BCUT2D eigenvalue weighted by Gasteiger charge is 2.35. The third-order valence-electron chi connectivity index (χ3n) is 5.30. The van der Waals surface area contributed by atoms with E-state index in [0.717, 1.165) is 16.8 Å². The number of amides is 1. The third kappa shape index (κ3) is 4.31. The summed E-state index contributed by atoms with van der Waals surface area (Å²) in [6.45, 7) is 7.21. The molecule has 1 amide bonds. The number of fused-ring (bicyclic) bond motifs is 1. The summed E-state index contributed by atoms with van der Waals surface area (Å²) in [6.07, 6.45) is -1.35. The monoisotopic (exact) mass is 452 g/mol. The van der Waals surface area contributed by atoms with E-state index in [1.807, 2.05) is 44.2 Å². The number of ether oxygens (including phenoxy) is 3. The minimum atomic E-state index is -0.869. The number of para-hydroxylation sites is 2. The number of carbonyl (C=O) groups is 2. The van der Waals surface area contributed by atoms with Crippen LogP contribution in [-0.2, 0) is 20.9 Å². The van der Waals surface area contributed by atoms with Crippen LogP contribution in [0.2, 0.25) is 0 Å². The molecule has 7 nitrogen and oxygen atoms in total. The number of rotatable bonds is 5. The van der Waals surface area contributed by atoms with E-state index in [9.17, 15) is 9.59 Å². The molecule has 0 saturated heterocycles. The Labute approximate surface area is 190 Å². The van der Waals surface area contributed by atoms with Crippen LogP contribution in [0.4, 0.5) is 10.8 Å². The molecule has 0 fully saturated rings. The molecule has 2 unspecified atom stereocenters. The molecule has 1 aromatic heterocycles. The first kappa shape index (κ1) is 21.8. The largest absolute Gasteiger partial charge is 0.482 e. The van der Waals surface area contributed by atoms with Gasteiger partial charge in [0, 0.05) is 12.3 Å². The van der Waals surface area contributed by atoms with Gasteiger partial charge in [-0.15, -0.1) is 11.3 Å². The lowest BCUT2D eigenvalue weighted by atomic mass is 10.1. The van der Waals surface area contributed by atoms with Crippen molar-refractivity contribution in [3.05, 3.63) is 64.7 Å². The molecule has 0 spiro atoms. The fourth-order valence-electron chi connectivity index (χ4n) is 3.46. The van der Waals surface area contributed by atoms with Crippen LogP contribution in [0.3, 0.4) is 0 Å². The molecule has 4 rings (SSSR count). The van der Waals surface area contributed by atoms with Crippen LogP contribution in [-0.4, -0.2) is 29.1 Å². The molecular formula is C24H24N2O5S. The van der Waals surface area contributed by atoms with E-state index < -0.39 is 18.2 Å². The predicted octanol–water partition coefficient (Wildman–Crippen LogP) is 4.72. The van der Waals surface area contributed by atoms with Crippen molar-refractivity contribution in [3.8, 4) is 11.5 Å². The van der Waals surface area contributed by atoms with Crippen molar-refractivity contribution in [3.63, 3.8) is 0 Å². The van der Waals surface area contributed by atoms with Gasteiger partial charge in [0.25, 0.3) is 0 Å². The van der Waals surface area contributed by atoms with Gasteiger partial charge in [-0.05, 0) is 50.1 Å². The molecule has 2 heterocycles. The number of aryl methyl sites for hydroxylation is 1. The quantitative estimate of drug-likeness (QED) is 0.522. The highest BCUT2D eigenvalue weighted by Crippen LogP contribution is 2.34. The van der Waals surface area contributed by atoms with Crippen LogP contribution < -0.4 is 14.4 Å². The Kier molecular flexibility index (Phi) is 6.14. The zero-order chi connectivity index (χ0) is 22.8. The highest BCUT2D eigenvalue weighted by molar-refractivity contribution is 7.14. The van der Waals surface area contributed by atoms with Crippen LogP contribution >= 0.6 is 11.3 Å². The van der Waals surface area contributed by atoms with Gasteiger partial charge in [-0.1, -0.05) is 24.3 Å². The molecule has 0 radical (unpaired) electrons. The van der Waals surface area contributed by atoms with Crippen molar-refractivity contribution in [2.24, 2.45) is 0 Å². The Bertz CT molecular complexity index is 1160. The number of esters is 1. The fraction of sp³-hybridized carbons (Fsp3) is 0.292. The summed E-state index contributed by atoms with van der Waals surface area (Å²) in [5.41, 5.74) is 3.44. The van der Waals surface area contributed by atoms with Crippen molar-refractivity contribution in [1.82, 2.24) is 4.98 Å². The Balaban J connectivity index is 1.45. The van der Waals surface area contributed by atoms with E-state index >= 15 is 0 Å². The first-order valence-corrected chi connectivity index (χ1v) is 11.1. The molecule has 166 valence electrons. The Hall–Kier alpha value is -3.39. The summed E-state index contributed by atoms with van der Waals surface area (Å²) in [5, 5.41) is 2.30. The lowest BCUT2D eigenvalue weighted by Crippen LogP contribution is -2.44. The normalized spacial score (nSPS) is 17.0. The second-order valence-electron chi connectivity index (χ2n) is 7.61. The lowest BCUT2D eigenvalue weighted by Gasteiger charge is -2.30. The van der Waals surface area contributed by atoms with E-state index in [1.165, 1.54) is 18.3 Å². The Morgan fingerprint density at radius 1 is 1.09 bits per heavy atom. The van der Waals surface area contributed by atoms with Gasteiger partial charge < -0.3 is 14.2 Å². The van der Waals surface area contributed by atoms with Crippen molar-refractivity contribution in [2.45, 2.75) is 46.5 Å². The number of nitrogens with zero attached hydrogens (tertiary/aromatic N) is 2. The second-order valence-corrected chi connectivity index (χ2v) is 8.45. The SMILES string of the molecule is CC(=O)N(c1nc(COC(=O)C2Oc3ccccc3OC2C)cs1)c1cccc(C)c1C. The topological polar surface area (TPSA) is 78.0 Å². The number of carbonyl (C=O) groups excluding carboxylic acids is 2. The smallest absolute Gasteiger partial charge is 0.351 e. The fourth-order valence-corrected chi connectivity index (χ4v) is 4.32. The third-order valence-corrected chi connectivity index (χ3v) is 6.17. The highest BCUT2D eigenvalue weighted by atomic mass is 32.1. The molecule has 1 aliphatic rings. The number of hydrogen-bond donors (Lipinski definition) is 0. The number of anilines is 2. The Morgan fingerprint density at radius 3 is 2.53 bits per heavy atom. The van der Waals surface area contributed by atoms with Gasteiger partial charge in [0.15, 0.2) is 16.6 Å². The molecule has 0 aliphatic carbocycles. The standard InChI is InChI=1S/C24H24N2O5S/c1-14-8-7-9-19(15(14)2)26(17(4)27)24-25-18(13-32-24)12-29-23(28)22-16(3)30-20-10-5-6-11-21(20)31-22/h5-11,13,16,22H,12H2,1-4H3. The van der Waals surface area contributed by atoms with Crippen LogP contribution in [0, 0.1) is 13.8 Å². The average molecular weight is 453 g/mol. The average Bonchev–Trinajstić information content (AvgIpc) is 3.23. The number of aromatic nitrogens is 1. The van der Waals surface area contributed by atoms with E-state index in [1.54, 1.807) is 29.3 Å². The van der Waals surface area contributed by atoms with Crippen LogP contribution in [0.1, 0.15) is 30.7 Å². The summed E-state index contributed by atoms with van der Waals surface area (Å²) < 4.78 is 17.0. The maximum Gasteiger partial charge on any atom is 0.351 e. The van der Waals surface area contributed by atoms with E-state index in [4.69, 9.17) is 14.2 Å². The van der Waals surface area contributed by atoms with Gasteiger partial charge >= 0.3 is 5.97 Å². The summed E-state index contributed by atoms with van der Waals surface area (Å²) in [4.78, 5) is 31.1. The molecule has 0 N–H and O–H groups in total. The predicted molar refractivity (Wildman–Crippen MR) is 122 cm³/mol. The molecule has 1 aliphatic heterocycles.